The number of aromatic nitrogens is 2. The lowest BCUT2D eigenvalue weighted by molar-refractivity contribution is -0.384. The lowest BCUT2D eigenvalue weighted by atomic mass is 10.2. The molecular weight excluding hydrogens is 354 g/mol. The Kier molecular flexibility index (Phi) is 5.28. The van der Waals surface area contributed by atoms with E-state index in [1.807, 2.05) is 14.1 Å². The number of rotatable bonds is 5. The number of likely N-dealkylation sites (N-methyl/N-ethyl adjacent to an activating group) is 1. The second kappa shape index (κ2) is 7.46. The third-order valence-corrected chi connectivity index (χ3v) is 5.69. The number of carbonyl (C=O) groups excluding carboxylic acids is 1. The maximum Gasteiger partial charge on any atom is 0.294 e. The Bertz CT molecular complexity index is 822. The van der Waals surface area contributed by atoms with E-state index in [-0.39, 0.29) is 11.6 Å². The van der Waals surface area contributed by atoms with E-state index >= 15 is 0 Å². The first-order valence-electron chi connectivity index (χ1n) is 8.20. The molecule has 2 unspecified atom stereocenters. The molecule has 26 heavy (non-hydrogen) atoms. The van der Waals surface area contributed by atoms with Crippen LogP contribution in [0.4, 0.5) is 5.69 Å². The minimum atomic E-state index is -0.455. The molecular formula is C17H21N5O3S. The number of nitro groups is 1. The van der Waals surface area contributed by atoms with Crippen LogP contribution in [-0.4, -0.2) is 75.1 Å². The lowest BCUT2D eigenvalue weighted by Crippen LogP contribution is -2.37. The Morgan fingerprint density at radius 2 is 2.04 bits per heavy atom. The molecule has 0 aliphatic carbocycles. The molecule has 0 spiro atoms. The van der Waals surface area contributed by atoms with Crippen LogP contribution in [0, 0.1) is 10.1 Å². The van der Waals surface area contributed by atoms with Gasteiger partial charge in [0, 0.05) is 36.6 Å². The molecule has 1 aromatic heterocycles. The zero-order valence-corrected chi connectivity index (χ0v) is 15.7. The molecule has 2 aromatic rings. The third-order valence-electron chi connectivity index (χ3n) is 4.62. The van der Waals surface area contributed by atoms with E-state index in [1.54, 1.807) is 47.1 Å². The molecule has 0 bridgehead atoms. The number of carbonyl (C=O) groups is 1. The topological polar surface area (TPSA) is 84.5 Å². The van der Waals surface area contributed by atoms with Gasteiger partial charge in [-0.05, 0) is 32.5 Å². The highest BCUT2D eigenvalue weighted by molar-refractivity contribution is 7.99. The molecule has 3 rings (SSSR count). The molecule has 0 N–H and O–H groups in total. The summed E-state index contributed by atoms with van der Waals surface area (Å²) in [4.78, 5) is 27.5. The zero-order valence-electron chi connectivity index (χ0n) is 14.9. The fraction of sp³-hybridized carbons (Fsp3) is 0.412. The summed E-state index contributed by atoms with van der Waals surface area (Å²) in [7, 11) is 4.04. The van der Waals surface area contributed by atoms with Gasteiger partial charge in [-0.15, -0.1) is 0 Å². The fourth-order valence-corrected chi connectivity index (χ4v) is 4.17. The van der Waals surface area contributed by atoms with Crippen molar-refractivity contribution in [2.24, 2.45) is 0 Å². The quantitative estimate of drug-likeness (QED) is 0.586. The monoisotopic (exact) mass is 375 g/mol. The van der Waals surface area contributed by atoms with Crippen molar-refractivity contribution in [3.05, 3.63) is 52.3 Å². The SMILES string of the molecule is CSC1CN(C(=O)c2ccn(-c3ccccc3[N+](=O)[O-])n2)CC1N(C)C. The van der Waals surface area contributed by atoms with Gasteiger partial charge in [0.1, 0.15) is 5.69 Å². The average Bonchev–Trinajstić information content (AvgIpc) is 3.28. The van der Waals surface area contributed by atoms with Gasteiger partial charge >= 0.3 is 0 Å². The van der Waals surface area contributed by atoms with Crippen molar-refractivity contribution in [1.82, 2.24) is 19.6 Å². The van der Waals surface area contributed by atoms with Gasteiger partial charge in [-0.3, -0.25) is 14.9 Å². The highest BCUT2D eigenvalue weighted by atomic mass is 32.2. The van der Waals surface area contributed by atoms with Crippen LogP contribution in [0.25, 0.3) is 5.69 Å². The predicted molar refractivity (Wildman–Crippen MR) is 101 cm³/mol. The van der Waals surface area contributed by atoms with Gasteiger partial charge < -0.3 is 9.80 Å². The lowest BCUT2D eigenvalue weighted by Gasteiger charge is -2.23. The molecule has 8 nitrogen and oxygen atoms in total. The molecule has 1 fully saturated rings. The van der Waals surface area contributed by atoms with Gasteiger partial charge in [-0.1, -0.05) is 12.1 Å². The molecule has 0 saturated carbocycles. The number of benzene rings is 1. The molecule has 0 radical (unpaired) electrons. The first-order chi connectivity index (χ1) is 12.4. The van der Waals surface area contributed by atoms with Crippen LogP contribution in [-0.2, 0) is 0 Å². The Hall–Kier alpha value is -2.39. The van der Waals surface area contributed by atoms with E-state index in [9.17, 15) is 14.9 Å². The first-order valence-corrected chi connectivity index (χ1v) is 9.49. The van der Waals surface area contributed by atoms with Crippen LogP contribution in [0.5, 0.6) is 0 Å². The number of hydrogen-bond donors (Lipinski definition) is 0. The van der Waals surface area contributed by atoms with E-state index in [0.717, 1.165) is 0 Å². The van der Waals surface area contributed by atoms with Crippen LogP contribution >= 0.6 is 11.8 Å². The van der Waals surface area contributed by atoms with Gasteiger partial charge in [0.2, 0.25) is 0 Å². The number of likely N-dealkylation sites (tertiary alicyclic amines) is 1. The van der Waals surface area contributed by atoms with Crippen LogP contribution < -0.4 is 0 Å². The summed E-state index contributed by atoms with van der Waals surface area (Å²) in [5.74, 6) is -0.147. The molecule has 1 amide bonds. The number of hydrogen-bond acceptors (Lipinski definition) is 6. The summed E-state index contributed by atoms with van der Waals surface area (Å²) in [6, 6.07) is 8.24. The Labute approximate surface area is 155 Å². The van der Waals surface area contributed by atoms with Gasteiger partial charge in [0.15, 0.2) is 5.69 Å². The van der Waals surface area contributed by atoms with Crippen molar-refractivity contribution >= 4 is 23.4 Å². The summed E-state index contributed by atoms with van der Waals surface area (Å²) >= 11 is 1.76. The van der Waals surface area contributed by atoms with Crippen LogP contribution in [0.2, 0.25) is 0 Å². The number of nitro benzene ring substituents is 1. The summed E-state index contributed by atoms with van der Waals surface area (Å²) in [5.41, 5.74) is 0.583. The van der Waals surface area contributed by atoms with Gasteiger partial charge in [-0.2, -0.15) is 16.9 Å². The maximum atomic E-state index is 12.8. The second-order valence-electron chi connectivity index (χ2n) is 6.41. The highest BCUT2D eigenvalue weighted by Gasteiger charge is 2.36. The average molecular weight is 375 g/mol. The van der Waals surface area contributed by atoms with E-state index in [4.69, 9.17) is 0 Å². The van der Waals surface area contributed by atoms with Crippen molar-refractivity contribution in [1.29, 1.82) is 0 Å². The summed E-state index contributed by atoms with van der Waals surface area (Å²) in [6.07, 6.45) is 3.64. The van der Waals surface area contributed by atoms with Gasteiger partial charge in [-0.25, -0.2) is 4.68 Å². The number of amides is 1. The summed E-state index contributed by atoms with van der Waals surface area (Å²) < 4.78 is 1.39. The summed E-state index contributed by atoms with van der Waals surface area (Å²) in [6.45, 7) is 1.32. The Balaban J connectivity index is 1.83. The largest absolute Gasteiger partial charge is 0.334 e. The van der Waals surface area contributed by atoms with Crippen molar-refractivity contribution in [2.75, 3.05) is 33.4 Å². The molecule has 9 heteroatoms. The molecule has 1 saturated heterocycles. The van der Waals surface area contributed by atoms with Crippen LogP contribution in [0.15, 0.2) is 36.5 Å². The van der Waals surface area contributed by atoms with Crippen molar-refractivity contribution < 1.29 is 9.72 Å². The van der Waals surface area contributed by atoms with Gasteiger partial charge in [0.05, 0.1) is 4.92 Å². The molecule has 1 aliphatic rings. The van der Waals surface area contributed by atoms with E-state index in [2.05, 4.69) is 16.3 Å². The Morgan fingerprint density at radius 1 is 1.31 bits per heavy atom. The molecule has 2 heterocycles. The zero-order chi connectivity index (χ0) is 18.8. The van der Waals surface area contributed by atoms with E-state index < -0.39 is 4.92 Å². The minimum Gasteiger partial charge on any atom is -0.334 e. The number of nitrogens with zero attached hydrogens (tertiary/aromatic N) is 5. The number of thioether (sulfide) groups is 1. The van der Waals surface area contributed by atoms with Crippen molar-refractivity contribution in [3.8, 4) is 5.69 Å². The smallest absolute Gasteiger partial charge is 0.294 e. The van der Waals surface area contributed by atoms with Crippen LogP contribution in [0.1, 0.15) is 10.5 Å². The predicted octanol–water partition coefficient (Wildman–Crippen LogP) is 1.90. The first kappa shape index (κ1) is 18.4. The van der Waals surface area contributed by atoms with Crippen molar-refractivity contribution in [2.45, 2.75) is 11.3 Å². The van der Waals surface area contributed by atoms with E-state index in [0.29, 0.717) is 35.8 Å². The highest BCUT2D eigenvalue weighted by Crippen LogP contribution is 2.26. The standard InChI is InChI=1S/C17H21N5O3S/c1-19(2)15-10-20(11-16(15)26-3)17(23)12-8-9-21(18-12)13-6-4-5-7-14(13)22(24)25/h4-9,15-16H,10-11H2,1-3H3. The second-order valence-corrected chi connectivity index (χ2v) is 7.48. The normalized spacial score (nSPS) is 19.9. The summed E-state index contributed by atoms with van der Waals surface area (Å²) in [5, 5.41) is 15.8. The maximum absolute atomic E-state index is 12.8. The van der Waals surface area contributed by atoms with Gasteiger partial charge in [0.25, 0.3) is 11.6 Å². The molecule has 138 valence electrons. The fourth-order valence-electron chi connectivity index (χ4n) is 3.20. The van der Waals surface area contributed by atoms with Crippen LogP contribution in [0.3, 0.4) is 0 Å². The Morgan fingerprint density at radius 3 is 2.65 bits per heavy atom. The molecule has 2 atom stereocenters. The van der Waals surface area contributed by atoms with E-state index in [1.165, 1.54) is 10.7 Å². The van der Waals surface area contributed by atoms with Crippen molar-refractivity contribution in [3.63, 3.8) is 0 Å². The molecule has 1 aromatic carbocycles. The minimum absolute atomic E-state index is 0.0501. The molecule has 1 aliphatic heterocycles. The third kappa shape index (κ3) is 3.45. The number of para-hydroxylation sites is 2.